The van der Waals surface area contributed by atoms with E-state index in [0.29, 0.717) is 25.0 Å². The molecule has 0 radical (unpaired) electrons. The van der Waals surface area contributed by atoms with Crippen LogP contribution in [-0.4, -0.2) is 16.8 Å². The topological polar surface area (TPSA) is 75.6 Å². The van der Waals surface area contributed by atoms with E-state index in [1.54, 1.807) is 19.1 Å². The van der Waals surface area contributed by atoms with Crippen molar-refractivity contribution in [1.29, 1.82) is 0 Å². The molecular weight excluding hydrogens is 378 g/mol. The molecule has 0 spiro atoms. The highest BCUT2D eigenvalue weighted by molar-refractivity contribution is 5.94. The molecule has 4 rings (SSSR count). The van der Waals surface area contributed by atoms with Gasteiger partial charge in [-0.15, -0.1) is 0 Å². The van der Waals surface area contributed by atoms with Crippen LogP contribution in [0.4, 0.5) is 5.69 Å². The van der Waals surface area contributed by atoms with Crippen LogP contribution in [0.1, 0.15) is 46.7 Å². The highest BCUT2D eigenvalue weighted by Gasteiger charge is 2.23. The third-order valence-corrected chi connectivity index (χ3v) is 5.32. The summed E-state index contributed by atoms with van der Waals surface area (Å²) in [7, 11) is 0. The predicted molar refractivity (Wildman–Crippen MR) is 115 cm³/mol. The second-order valence-electron chi connectivity index (χ2n) is 7.42. The first-order chi connectivity index (χ1) is 14.5. The number of anilines is 1. The molecule has 2 N–H and O–H groups in total. The molecule has 0 aliphatic carbocycles. The summed E-state index contributed by atoms with van der Waals surface area (Å²) in [5.74, 6) is -0.0595. The van der Waals surface area contributed by atoms with E-state index in [2.05, 4.69) is 5.32 Å². The summed E-state index contributed by atoms with van der Waals surface area (Å²) in [4.78, 5) is 23.9. The molecule has 0 fully saturated rings. The Morgan fingerprint density at radius 2 is 1.80 bits per heavy atom. The van der Waals surface area contributed by atoms with E-state index in [9.17, 15) is 14.7 Å². The standard InChI is InChI=1S/C25H23NO4/c1-16(27)17-8-10-18(11-9-17)20-5-3-7-22(14-20)26-23(28)13-12-19-4-2-6-21-15-30-25(29)24(19)21/h2-11,14,25,29H,12-13,15H2,1H3,(H,26,28). The number of nitrogens with one attached hydrogen (secondary N) is 1. The van der Waals surface area contributed by atoms with Crippen molar-refractivity contribution < 1.29 is 19.4 Å². The number of fused-ring (bicyclic) bond motifs is 1. The van der Waals surface area contributed by atoms with Crippen molar-refractivity contribution in [3.63, 3.8) is 0 Å². The SMILES string of the molecule is CC(=O)c1ccc(-c2cccc(NC(=O)CCc3cccc4c3C(O)OC4)c2)cc1. The summed E-state index contributed by atoms with van der Waals surface area (Å²) in [6, 6.07) is 20.8. The lowest BCUT2D eigenvalue weighted by Crippen LogP contribution is -2.13. The normalized spacial score (nSPS) is 14.9. The zero-order chi connectivity index (χ0) is 21.1. The Morgan fingerprint density at radius 3 is 2.57 bits per heavy atom. The quantitative estimate of drug-likeness (QED) is 0.590. The van der Waals surface area contributed by atoms with Crippen molar-refractivity contribution in [2.75, 3.05) is 5.32 Å². The number of hydrogen-bond acceptors (Lipinski definition) is 4. The fraction of sp³-hybridized carbons (Fsp3) is 0.200. The molecule has 1 aliphatic rings. The number of ketones is 1. The number of carbonyl (C=O) groups is 2. The van der Waals surface area contributed by atoms with Gasteiger partial charge in [-0.25, -0.2) is 0 Å². The first kappa shape index (κ1) is 20.0. The Kier molecular flexibility index (Phi) is 5.74. The van der Waals surface area contributed by atoms with Crippen molar-refractivity contribution in [3.8, 4) is 11.1 Å². The fourth-order valence-electron chi connectivity index (χ4n) is 3.72. The van der Waals surface area contributed by atoms with Crippen LogP contribution in [0.15, 0.2) is 66.7 Å². The van der Waals surface area contributed by atoms with Crippen molar-refractivity contribution in [3.05, 3.63) is 89.0 Å². The average Bonchev–Trinajstić information content (AvgIpc) is 3.14. The molecule has 152 valence electrons. The number of aliphatic hydroxyl groups is 1. The fourth-order valence-corrected chi connectivity index (χ4v) is 3.72. The maximum atomic E-state index is 12.5. The molecule has 0 aromatic heterocycles. The lowest BCUT2D eigenvalue weighted by Gasteiger charge is -2.11. The number of amides is 1. The number of ether oxygens (including phenoxy) is 1. The van der Waals surface area contributed by atoms with Crippen LogP contribution in [0.3, 0.4) is 0 Å². The number of rotatable bonds is 6. The average molecular weight is 401 g/mol. The lowest BCUT2D eigenvalue weighted by atomic mass is 9.98. The van der Waals surface area contributed by atoms with E-state index < -0.39 is 6.29 Å². The Hall–Kier alpha value is -3.28. The van der Waals surface area contributed by atoms with Crippen LogP contribution in [-0.2, 0) is 22.6 Å². The molecule has 0 saturated heterocycles. The highest BCUT2D eigenvalue weighted by Crippen LogP contribution is 2.32. The minimum Gasteiger partial charge on any atom is -0.364 e. The van der Waals surface area contributed by atoms with Gasteiger partial charge in [-0.2, -0.15) is 0 Å². The van der Waals surface area contributed by atoms with E-state index in [4.69, 9.17) is 4.74 Å². The van der Waals surface area contributed by atoms with Gasteiger partial charge in [0.1, 0.15) is 0 Å². The summed E-state index contributed by atoms with van der Waals surface area (Å²) < 4.78 is 5.28. The maximum Gasteiger partial charge on any atom is 0.224 e. The number of Topliss-reactive ketones (excluding diaryl/α,β-unsaturated/α-hetero) is 1. The molecule has 1 unspecified atom stereocenters. The summed E-state index contributed by atoms with van der Waals surface area (Å²) in [6.45, 7) is 1.94. The highest BCUT2D eigenvalue weighted by atomic mass is 16.6. The van der Waals surface area contributed by atoms with Crippen LogP contribution >= 0.6 is 0 Å². The molecule has 3 aromatic rings. The van der Waals surface area contributed by atoms with Gasteiger partial charge >= 0.3 is 0 Å². The number of carbonyl (C=O) groups excluding carboxylic acids is 2. The van der Waals surface area contributed by atoms with Gasteiger partial charge in [0.05, 0.1) is 6.61 Å². The van der Waals surface area contributed by atoms with E-state index in [0.717, 1.165) is 33.5 Å². The molecule has 1 aliphatic heterocycles. The number of aryl methyl sites for hydroxylation is 1. The smallest absolute Gasteiger partial charge is 0.224 e. The van der Waals surface area contributed by atoms with Crippen LogP contribution in [0.5, 0.6) is 0 Å². The molecule has 0 bridgehead atoms. The molecule has 1 atom stereocenters. The van der Waals surface area contributed by atoms with Gasteiger partial charge in [-0.3, -0.25) is 9.59 Å². The number of hydrogen-bond donors (Lipinski definition) is 2. The van der Waals surface area contributed by atoms with Gasteiger partial charge in [0, 0.05) is 23.2 Å². The second-order valence-corrected chi connectivity index (χ2v) is 7.42. The Bertz CT molecular complexity index is 1090. The van der Waals surface area contributed by atoms with Crippen LogP contribution in [0, 0.1) is 0 Å². The van der Waals surface area contributed by atoms with Crippen molar-refractivity contribution in [1.82, 2.24) is 0 Å². The summed E-state index contributed by atoms with van der Waals surface area (Å²) in [6.07, 6.45) is -0.0761. The third-order valence-electron chi connectivity index (χ3n) is 5.32. The minimum absolute atomic E-state index is 0.0331. The zero-order valence-corrected chi connectivity index (χ0v) is 16.7. The monoisotopic (exact) mass is 401 g/mol. The Balaban J connectivity index is 1.41. The van der Waals surface area contributed by atoms with Gasteiger partial charge < -0.3 is 15.2 Å². The second kappa shape index (κ2) is 8.61. The summed E-state index contributed by atoms with van der Waals surface area (Å²) >= 11 is 0. The third kappa shape index (κ3) is 4.32. The predicted octanol–water partition coefficient (Wildman–Crippen LogP) is 4.65. The lowest BCUT2D eigenvalue weighted by molar-refractivity contribution is -0.116. The van der Waals surface area contributed by atoms with Crippen molar-refractivity contribution in [2.24, 2.45) is 0 Å². The first-order valence-electron chi connectivity index (χ1n) is 9.93. The van der Waals surface area contributed by atoms with Gasteiger partial charge in [-0.1, -0.05) is 54.6 Å². The van der Waals surface area contributed by atoms with E-state index >= 15 is 0 Å². The molecule has 5 heteroatoms. The number of aliphatic hydroxyl groups excluding tert-OH is 1. The Morgan fingerprint density at radius 1 is 1.03 bits per heavy atom. The Labute approximate surface area is 175 Å². The molecule has 0 saturated carbocycles. The molecule has 5 nitrogen and oxygen atoms in total. The summed E-state index contributed by atoms with van der Waals surface area (Å²) in [5, 5.41) is 13.0. The van der Waals surface area contributed by atoms with Gasteiger partial charge in [0.2, 0.25) is 5.91 Å². The zero-order valence-electron chi connectivity index (χ0n) is 16.7. The van der Waals surface area contributed by atoms with E-state index in [1.807, 2.05) is 54.6 Å². The molecule has 3 aromatic carbocycles. The van der Waals surface area contributed by atoms with Crippen LogP contribution < -0.4 is 5.32 Å². The van der Waals surface area contributed by atoms with Crippen molar-refractivity contribution >= 4 is 17.4 Å². The minimum atomic E-state index is -0.912. The maximum absolute atomic E-state index is 12.5. The molecule has 1 heterocycles. The largest absolute Gasteiger partial charge is 0.364 e. The van der Waals surface area contributed by atoms with Crippen LogP contribution in [0.25, 0.3) is 11.1 Å². The first-order valence-corrected chi connectivity index (χ1v) is 9.93. The van der Waals surface area contributed by atoms with Gasteiger partial charge in [0.25, 0.3) is 0 Å². The molecule has 1 amide bonds. The van der Waals surface area contributed by atoms with Crippen LogP contribution in [0.2, 0.25) is 0 Å². The van der Waals surface area contributed by atoms with E-state index in [-0.39, 0.29) is 11.7 Å². The van der Waals surface area contributed by atoms with E-state index in [1.165, 1.54) is 0 Å². The van der Waals surface area contributed by atoms with Gasteiger partial charge in [-0.05, 0) is 47.7 Å². The summed E-state index contributed by atoms with van der Waals surface area (Å²) in [5.41, 5.74) is 6.03. The van der Waals surface area contributed by atoms with Gasteiger partial charge in [0.15, 0.2) is 12.1 Å². The van der Waals surface area contributed by atoms with Crippen molar-refractivity contribution in [2.45, 2.75) is 32.7 Å². The molecular formula is C25H23NO4. The number of benzene rings is 3. The molecule has 30 heavy (non-hydrogen) atoms.